The van der Waals surface area contributed by atoms with Crippen molar-refractivity contribution in [3.05, 3.63) is 152 Å². The van der Waals surface area contributed by atoms with Gasteiger partial charge in [0, 0.05) is 11.1 Å². The van der Waals surface area contributed by atoms with E-state index in [1.165, 1.54) is 7.94 Å². The third-order valence-corrected chi connectivity index (χ3v) is 10.1. The first-order valence-corrected chi connectivity index (χ1v) is 16.3. The molecule has 0 bridgehead atoms. The number of hydrogen-bond donors (Lipinski definition) is 0. The second-order valence-electron chi connectivity index (χ2n) is 11.2. The number of nitrogens with zero attached hydrogens (tertiary/aromatic N) is 5. The van der Waals surface area contributed by atoms with Crippen LogP contribution in [0.2, 0.25) is 0 Å². The Balaban J connectivity index is 1.48. The summed E-state index contributed by atoms with van der Waals surface area (Å²) in [5.41, 5.74) is 8.81. The van der Waals surface area contributed by atoms with Crippen molar-refractivity contribution in [2.24, 2.45) is 0 Å². The van der Waals surface area contributed by atoms with Crippen LogP contribution < -0.4 is 4.90 Å². The zero-order valence-electron chi connectivity index (χ0n) is 24.4. The molecule has 7 nitrogen and oxygen atoms in total. The first-order chi connectivity index (χ1) is 22.6. The molecule has 0 atom stereocenters. The molecule has 0 saturated heterocycles. The molecule has 220 valence electrons. The lowest BCUT2D eigenvalue weighted by molar-refractivity contribution is 0.578. The van der Waals surface area contributed by atoms with Crippen LogP contribution >= 0.6 is 0 Å². The van der Waals surface area contributed by atoms with Crippen LogP contribution in [0.4, 0.5) is 17.6 Å². The summed E-state index contributed by atoms with van der Waals surface area (Å²) in [6, 6.07) is 49.7. The summed E-state index contributed by atoms with van der Waals surface area (Å²) in [6.07, 6.45) is 0. The van der Waals surface area contributed by atoms with Crippen molar-refractivity contribution in [3.8, 4) is 33.4 Å². The number of hydrogen-bond acceptors (Lipinski definition) is 5. The van der Waals surface area contributed by atoms with Gasteiger partial charge >= 0.3 is 10.2 Å². The van der Waals surface area contributed by atoms with Crippen LogP contribution in [0.5, 0.6) is 0 Å². The average molecular weight is 616 g/mol. The molecule has 46 heavy (non-hydrogen) atoms. The van der Waals surface area contributed by atoms with Crippen LogP contribution in [0.15, 0.2) is 152 Å². The molecule has 6 aromatic carbocycles. The number of anilines is 3. The molecule has 0 spiro atoms. The number of benzene rings is 6. The van der Waals surface area contributed by atoms with Gasteiger partial charge in [-0.3, -0.25) is 0 Å². The maximum Gasteiger partial charge on any atom is 0.340 e. The Kier molecular flexibility index (Phi) is 5.75. The highest BCUT2D eigenvalue weighted by atomic mass is 32.2. The van der Waals surface area contributed by atoms with Crippen LogP contribution in [0.25, 0.3) is 55.4 Å². The molecule has 8 aromatic rings. The van der Waals surface area contributed by atoms with Crippen LogP contribution in [0.1, 0.15) is 0 Å². The van der Waals surface area contributed by atoms with Gasteiger partial charge < -0.3 is 0 Å². The van der Waals surface area contributed by atoms with Gasteiger partial charge in [-0.05, 0) is 58.7 Å². The van der Waals surface area contributed by atoms with E-state index in [1.54, 1.807) is 12.1 Å². The quantitative estimate of drug-likeness (QED) is 0.198. The highest BCUT2D eigenvalue weighted by molar-refractivity contribution is 7.89. The lowest BCUT2D eigenvalue weighted by Gasteiger charge is -2.32. The molecule has 3 heterocycles. The van der Waals surface area contributed by atoms with Crippen LogP contribution in [0.3, 0.4) is 0 Å². The Labute approximate surface area is 265 Å². The Hall–Kier alpha value is -5.99. The van der Waals surface area contributed by atoms with E-state index in [0.717, 1.165) is 39.1 Å². The number of rotatable bonds is 4. The van der Waals surface area contributed by atoms with E-state index >= 15 is 0 Å². The van der Waals surface area contributed by atoms with Gasteiger partial charge in [0.15, 0.2) is 0 Å². The van der Waals surface area contributed by atoms with Crippen molar-refractivity contribution in [2.75, 3.05) is 4.90 Å². The molecule has 0 N–H and O–H groups in total. The number of aromatic nitrogens is 4. The van der Waals surface area contributed by atoms with E-state index in [-0.39, 0.29) is 11.9 Å². The maximum absolute atomic E-state index is 14.6. The molecule has 1 aliphatic heterocycles. The predicted molar refractivity (Wildman–Crippen MR) is 184 cm³/mol. The Bertz CT molecular complexity index is 2390. The van der Waals surface area contributed by atoms with Gasteiger partial charge in [0.05, 0.1) is 27.8 Å². The zero-order valence-corrected chi connectivity index (χ0v) is 25.2. The van der Waals surface area contributed by atoms with E-state index in [0.29, 0.717) is 22.1 Å². The normalized spacial score (nSPS) is 13.5. The van der Waals surface area contributed by atoms with Crippen LogP contribution in [0, 0.1) is 0 Å². The fourth-order valence-corrected chi connectivity index (χ4v) is 8.07. The highest BCUT2D eigenvalue weighted by Gasteiger charge is 2.41. The number of para-hydroxylation sites is 4. The van der Waals surface area contributed by atoms with Crippen molar-refractivity contribution < 1.29 is 8.42 Å². The molecule has 8 heteroatoms. The summed E-state index contributed by atoms with van der Waals surface area (Å²) in [6.45, 7) is 0. The molecule has 0 amide bonds. The minimum atomic E-state index is -4.15. The number of imidazole rings is 2. The molecule has 0 saturated carbocycles. The van der Waals surface area contributed by atoms with Crippen molar-refractivity contribution >= 4 is 49.9 Å². The zero-order chi connectivity index (χ0) is 30.8. The SMILES string of the molecule is O=S1(=O)n2c(nc3ccccc32)N(c2c(-c3ccccc3)cc(-c3ccccc3)cc2-c2ccccc2)c2nc3ccccc3n21. The van der Waals surface area contributed by atoms with E-state index in [2.05, 4.69) is 48.5 Å². The molecule has 0 radical (unpaired) electrons. The fraction of sp³-hybridized carbons (Fsp3) is 0. The summed E-state index contributed by atoms with van der Waals surface area (Å²) in [4.78, 5) is 11.9. The van der Waals surface area contributed by atoms with Gasteiger partial charge in [0.2, 0.25) is 11.9 Å². The third kappa shape index (κ3) is 3.87. The standard InChI is InChI=1S/C38H25N5O2S/c44-46(45)42-34-22-12-10-20-32(34)39-37(42)41(38-40-33-21-11-13-23-35(33)43(38)46)36-30(27-16-6-2-7-17-27)24-29(26-14-4-1-5-15-26)25-31(36)28-18-8-3-9-19-28/h1-25H. The smallest absolute Gasteiger partial charge is 0.246 e. The van der Waals surface area contributed by atoms with E-state index in [1.807, 2.05) is 95.9 Å². The summed E-state index contributed by atoms with van der Waals surface area (Å²) in [7, 11) is -4.15. The lowest BCUT2D eigenvalue weighted by Crippen LogP contribution is -2.34. The molecule has 0 unspecified atom stereocenters. The van der Waals surface area contributed by atoms with E-state index < -0.39 is 10.2 Å². The van der Waals surface area contributed by atoms with E-state index in [9.17, 15) is 8.42 Å². The molecule has 0 fully saturated rings. The molecule has 9 rings (SSSR count). The molecular formula is C38H25N5O2S. The Morgan fingerprint density at radius 2 is 0.826 bits per heavy atom. The van der Waals surface area contributed by atoms with Crippen molar-refractivity contribution in [1.82, 2.24) is 17.9 Å². The molecule has 2 aromatic heterocycles. The minimum absolute atomic E-state index is 0.255. The molecular weight excluding hydrogens is 591 g/mol. The molecule has 0 aliphatic carbocycles. The van der Waals surface area contributed by atoms with Crippen molar-refractivity contribution in [3.63, 3.8) is 0 Å². The predicted octanol–water partition coefficient (Wildman–Crippen LogP) is 8.81. The third-order valence-electron chi connectivity index (χ3n) is 8.48. The Morgan fingerprint density at radius 3 is 1.28 bits per heavy atom. The fourth-order valence-electron chi connectivity index (χ4n) is 6.44. The van der Waals surface area contributed by atoms with Crippen LogP contribution in [-0.2, 0) is 10.2 Å². The van der Waals surface area contributed by atoms with Gasteiger partial charge in [-0.1, -0.05) is 115 Å². The largest absolute Gasteiger partial charge is 0.340 e. The highest BCUT2D eigenvalue weighted by Crippen LogP contribution is 2.51. The minimum Gasteiger partial charge on any atom is -0.246 e. The Morgan fingerprint density at radius 1 is 0.435 bits per heavy atom. The van der Waals surface area contributed by atoms with E-state index in [4.69, 9.17) is 9.97 Å². The first-order valence-electron chi connectivity index (χ1n) is 14.9. The van der Waals surface area contributed by atoms with Gasteiger partial charge in [-0.25, -0.2) is 14.9 Å². The maximum atomic E-state index is 14.6. The summed E-state index contributed by atoms with van der Waals surface area (Å²) < 4.78 is 31.9. The molecule has 1 aliphatic rings. The first kappa shape index (κ1) is 26.4. The van der Waals surface area contributed by atoms with Gasteiger partial charge in [0.25, 0.3) is 0 Å². The lowest BCUT2D eigenvalue weighted by atomic mass is 9.90. The van der Waals surface area contributed by atoms with Crippen molar-refractivity contribution in [2.45, 2.75) is 0 Å². The van der Waals surface area contributed by atoms with Gasteiger partial charge in [-0.2, -0.15) is 16.4 Å². The second kappa shape index (κ2) is 10.0. The van der Waals surface area contributed by atoms with Gasteiger partial charge in [-0.15, -0.1) is 0 Å². The van der Waals surface area contributed by atoms with Crippen LogP contribution in [-0.4, -0.2) is 26.3 Å². The number of fused-ring (bicyclic) bond motifs is 6. The van der Waals surface area contributed by atoms with Gasteiger partial charge in [0.1, 0.15) is 0 Å². The monoisotopic (exact) mass is 615 g/mol. The average Bonchev–Trinajstić information content (AvgIpc) is 3.70. The summed E-state index contributed by atoms with van der Waals surface area (Å²) in [5, 5.41) is 0. The van der Waals surface area contributed by atoms with Crippen molar-refractivity contribution in [1.29, 1.82) is 0 Å². The second-order valence-corrected chi connectivity index (χ2v) is 12.8. The topological polar surface area (TPSA) is 73.0 Å². The summed E-state index contributed by atoms with van der Waals surface area (Å²) in [5.74, 6) is 0.511. The summed E-state index contributed by atoms with van der Waals surface area (Å²) >= 11 is 0.